The van der Waals surface area contributed by atoms with E-state index >= 15 is 0 Å². The molecule has 0 aromatic heterocycles. The van der Waals surface area contributed by atoms with Crippen molar-refractivity contribution in [3.63, 3.8) is 0 Å². The lowest BCUT2D eigenvalue weighted by atomic mass is 9.52. The number of fused-ring (bicyclic) bond motifs is 4. The van der Waals surface area contributed by atoms with Gasteiger partial charge in [0.05, 0.1) is 0 Å². The van der Waals surface area contributed by atoms with Crippen molar-refractivity contribution < 1.29 is 0 Å². The largest absolute Gasteiger partial charge is 0.146 e. The number of rotatable bonds is 12. The van der Waals surface area contributed by atoms with Crippen LogP contribution in [0.2, 0.25) is 66.5 Å². The van der Waals surface area contributed by atoms with Crippen LogP contribution in [0.4, 0.5) is 0 Å². The van der Waals surface area contributed by atoms with E-state index in [9.17, 15) is 0 Å². The lowest BCUT2D eigenvalue weighted by molar-refractivity contribution is 0.532. The third-order valence-electron chi connectivity index (χ3n) is 24.7. The molecule has 14 rings (SSSR count). The molecular weight excluding hydrogens is 1170 g/mol. The zero-order chi connectivity index (χ0) is 66.6. The second kappa shape index (κ2) is 25.2. The second-order valence-corrected chi connectivity index (χ2v) is 55.0. The summed E-state index contributed by atoms with van der Waals surface area (Å²) in [6, 6.07) is 49.7. The Morgan fingerprint density at radius 2 is 0.337 bits per heavy atom. The van der Waals surface area contributed by atoms with Gasteiger partial charge in [0, 0.05) is 45.9 Å². The van der Waals surface area contributed by atoms with Crippen LogP contribution in [0.15, 0.2) is 121 Å². The van der Waals surface area contributed by atoms with Gasteiger partial charge >= 0.3 is 0 Å². The first kappa shape index (κ1) is 67.3. The van der Waals surface area contributed by atoms with Gasteiger partial charge in [0.15, 0.2) is 0 Å². The molecule has 0 heterocycles. The Hall–Kier alpha value is -6.09. The molecule has 0 aliphatic heterocycles. The van der Waals surface area contributed by atoms with Gasteiger partial charge in [0.1, 0.15) is 32.3 Å². The van der Waals surface area contributed by atoms with E-state index in [0.717, 1.165) is 22.3 Å². The van der Waals surface area contributed by atoms with Gasteiger partial charge in [-0.05, 0) is 203 Å². The maximum absolute atomic E-state index is 4.09. The van der Waals surface area contributed by atoms with Crippen molar-refractivity contribution in [3.05, 3.63) is 188 Å². The molecule has 0 saturated heterocycles. The number of benzene rings is 8. The van der Waals surface area contributed by atoms with Crippen LogP contribution in [-0.2, 0) is 0 Å². The van der Waals surface area contributed by atoms with Crippen LogP contribution >= 0.6 is 0 Å². The Morgan fingerprint density at radius 3 is 0.478 bits per heavy atom. The predicted molar refractivity (Wildman–Crippen MR) is 415 cm³/mol. The Bertz CT molecular complexity index is 3810. The average Bonchev–Trinajstić information content (AvgIpc) is 0.680. The lowest BCUT2D eigenvalue weighted by Crippen LogP contribution is -2.43. The first-order valence-corrected chi connectivity index (χ1v) is 44.8. The summed E-state index contributed by atoms with van der Waals surface area (Å²) in [5.41, 5.74) is 39.5. The van der Waals surface area contributed by atoms with Gasteiger partial charge in [-0.2, -0.15) is 0 Å². The monoisotopic (exact) mass is 1280 g/mol. The summed E-state index contributed by atoms with van der Waals surface area (Å²) in [5, 5.41) is 10.3. The van der Waals surface area contributed by atoms with Gasteiger partial charge in [-0.15, -0.1) is 22.2 Å². The van der Waals surface area contributed by atoms with E-state index in [2.05, 4.69) is 333 Å². The SMILES string of the molecule is CC(C)[Si](C#Cc1ccc2cc3c(cc2c1)C1c2cc4cc(C#C[Si](C(C)C)(C(C)C)C(C)C)ccc4cc2C3C2c3cc4cc(C#C[Si](C(C)C)(C(C)C)C(C)C)ccc4cc3C1c1cc3ccc(C#C[Si](C(C)C)(C(C)C)C(C)C)cc3cc12)(C(C)C)C(C)C. The van der Waals surface area contributed by atoms with Crippen molar-refractivity contribution in [2.45, 2.75) is 256 Å². The maximum atomic E-state index is 4.09. The molecule has 0 atom stereocenters. The highest BCUT2D eigenvalue weighted by atomic mass is 28.3. The summed E-state index contributed by atoms with van der Waals surface area (Å²) < 4.78 is 0. The molecular formula is C88H108Si4. The van der Waals surface area contributed by atoms with Crippen LogP contribution in [-0.4, -0.2) is 32.3 Å². The van der Waals surface area contributed by atoms with E-state index in [4.69, 9.17) is 0 Å². The molecule has 4 heteroatoms. The molecule has 0 amide bonds. The van der Waals surface area contributed by atoms with E-state index in [-0.39, 0.29) is 23.7 Å². The van der Waals surface area contributed by atoms with Crippen molar-refractivity contribution in [1.82, 2.24) is 0 Å². The van der Waals surface area contributed by atoms with E-state index in [1.165, 1.54) is 87.6 Å². The third-order valence-corrected chi connectivity index (χ3v) is 49.8. The molecule has 92 heavy (non-hydrogen) atoms. The molecule has 0 fully saturated rings. The Morgan fingerprint density at radius 1 is 0.196 bits per heavy atom. The Balaban J connectivity index is 1.20. The van der Waals surface area contributed by atoms with Crippen molar-refractivity contribution >= 4 is 75.4 Å². The fraction of sp³-hybridized carbons (Fsp3) is 0.455. The van der Waals surface area contributed by atoms with E-state index in [1.807, 2.05) is 0 Å². The van der Waals surface area contributed by atoms with E-state index in [0.29, 0.717) is 66.5 Å². The standard InChI is InChI=1S/C88H108Si4/c1-53(2)89(54(3)4,55(5)6)37-33-65-25-29-69-45-77-81(49-73(69)41-65)87-82-50-74-42-66(34-38-90(56(7)8,57(9)10)58(11)12)26-30-70(74)46-78(82)85(77)88-83-51-75-43-67(35-39-91(59(13)14,60(15)16)61(17)18)27-31-71(75)47-79(83)86(87)80-48-72-32-28-68(44-76(72)52-84(80)88)36-40-92(62(19)20,63(21)22)64(23)24/h25-32,41-64,85-88H,1-24H3. The van der Waals surface area contributed by atoms with Gasteiger partial charge in [0.25, 0.3) is 0 Å². The van der Waals surface area contributed by atoms with Crippen LogP contribution in [0.25, 0.3) is 43.1 Å². The molecule has 0 saturated carbocycles. The zero-order valence-electron chi connectivity index (χ0n) is 60.8. The van der Waals surface area contributed by atoms with Gasteiger partial charge in [0.2, 0.25) is 0 Å². The quantitative estimate of drug-likeness (QED) is 0.0845. The second-order valence-electron chi connectivity index (χ2n) is 32.7. The first-order valence-electron chi connectivity index (χ1n) is 35.9. The molecule has 0 radical (unpaired) electrons. The average molecular weight is 1280 g/mol. The minimum Gasteiger partial charge on any atom is -0.125 e. The van der Waals surface area contributed by atoms with Crippen molar-refractivity contribution in [2.75, 3.05) is 0 Å². The molecule has 6 aliphatic rings. The van der Waals surface area contributed by atoms with E-state index < -0.39 is 32.3 Å². The van der Waals surface area contributed by atoms with Crippen molar-refractivity contribution in [1.29, 1.82) is 0 Å². The molecule has 0 nitrogen and oxygen atoms in total. The number of hydrogen-bond acceptors (Lipinski definition) is 0. The van der Waals surface area contributed by atoms with Crippen LogP contribution in [0.5, 0.6) is 0 Å². The van der Waals surface area contributed by atoms with E-state index in [1.54, 1.807) is 0 Å². The van der Waals surface area contributed by atoms with Gasteiger partial charge in [-0.3, -0.25) is 0 Å². The molecule has 8 aromatic rings. The summed E-state index contributed by atoms with van der Waals surface area (Å²) in [7, 11) is -7.88. The lowest BCUT2D eigenvalue weighted by Gasteiger charge is -2.50. The first-order chi connectivity index (χ1) is 43.4. The maximum Gasteiger partial charge on any atom is 0.146 e. The fourth-order valence-electron chi connectivity index (χ4n) is 20.4. The summed E-state index contributed by atoms with van der Waals surface area (Å²) in [4.78, 5) is 0. The van der Waals surface area contributed by atoms with Crippen molar-refractivity contribution in [2.24, 2.45) is 0 Å². The highest BCUT2D eigenvalue weighted by Crippen LogP contribution is 2.66. The topological polar surface area (TPSA) is 0 Å². The smallest absolute Gasteiger partial charge is 0.125 e. The summed E-state index contributed by atoms with van der Waals surface area (Å²) >= 11 is 0. The summed E-state index contributed by atoms with van der Waals surface area (Å²) in [5.74, 6) is 15.7. The summed E-state index contributed by atoms with van der Waals surface area (Å²) in [6.07, 6.45) is 0. The zero-order valence-corrected chi connectivity index (χ0v) is 64.8. The van der Waals surface area contributed by atoms with Crippen LogP contribution in [0.3, 0.4) is 0 Å². The van der Waals surface area contributed by atoms with Crippen molar-refractivity contribution in [3.8, 4) is 45.9 Å². The van der Waals surface area contributed by atoms with Gasteiger partial charge in [-0.25, -0.2) is 0 Å². The van der Waals surface area contributed by atoms with Gasteiger partial charge < -0.3 is 0 Å². The molecule has 0 N–H and O–H groups in total. The Kier molecular flexibility index (Phi) is 18.5. The molecule has 0 unspecified atom stereocenters. The highest BCUT2D eigenvalue weighted by Gasteiger charge is 2.51. The van der Waals surface area contributed by atoms with Crippen LogP contribution in [0, 0.1) is 45.9 Å². The molecule has 4 bridgehead atoms. The molecule has 8 aromatic carbocycles. The Labute approximate surface area is 561 Å². The number of hydrogen-bond donors (Lipinski definition) is 0. The minimum atomic E-state index is -1.97. The molecule has 6 aliphatic carbocycles. The van der Waals surface area contributed by atoms with Gasteiger partial charge in [-0.1, -0.05) is 263 Å². The minimum absolute atomic E-state index is 0.0339. The normalized spacial score (nSPS) is 17.1. The molecule has 476 valence electrons. The fourth-order valence-corrected chi connectivity index (χ4v) is 41.3. The van der Waals surface area contributed by atoms with Crippen LogP contribution in [0.1, 0.15) is 257 Å². The summed E-state index contributed by atoms with van der Waals surface area (Å²) in [6.45, 7) is 58.2. The molecule has 0 spiro atoms. The third kappa shape index (κ3) is 10.9. The van der Waals surface area contributed by atoms with Crippen LogP contribution < -0.4 is 0 Å². The predicted octanol–water partition coefficient (Wildman–Crippen LogP) is 25.4. The highest BCUT2D eigenvalue weighted by molar-refractivity contribution is 6.92.